The lowest BCUT2D eigenvalue weighted by Gasteiger charge is -2.14. The van der Waals surface area contributed by atoms with Gasteiger partial charge in [-0.05, 0) is 25.2 Å². The van der Waals surface area contributed by atoms with Crippen LogP contribution in [0.5, 0.6) is 0 Å². The third-order valence-electron chi connectivity index (χ3n) is 2.84. The summed E-state index contributed by atoms with van der Waals surface area (Å²) in [4.78, 5) is 10.5. The summed E-state index contributed by atoms with van der Waals surface area (Å²) < 4.78 is 0. The molecule has 2 rings (SSSR count). The topological polar surface area (TPSA) is 41.0 Å². The van der Waals surface area contributed by atoms with Crippen molar-refractivity contribution in [3.63, 3.8) is 0 Å². The standard InChI is InChI=1S/C15H20N4/c1-19(2)12-14-6-4-3-5-13(14)9-17-11-15-10-16-7-8-18-15/h3-8,10,17H,9,11-12H2,1-2H3. The van der Waals surface area contributed by atoms with E-state index in [9.17, 15) is 0 Å². The first-order chi connectivity index (χ1) is 9.25. The fourth-order valence-corrected chi connectivity index (χ4v) is 1.97. The number of aromatic nitrogens is 2. The van der Waals surface area contributed by atoms with Crippen LogP contribution in [-0.4, -0.2) is 29.0 Å². The maximum atomic E-state index is 4.25. The summed E-state index contributed by atoms with van der Waals surface area (Å²) in [6.07, 6.45) is 5.20. The Balaban J connectivity index is 1.92. The fourth-order valence-electron chi connectivity index (χ4n) is 1.97. The van der Waals surface area contributed by atoms with Crippen molar-refractivity contribution in [1.82, 2.24) is 20.2 Å². The number of hydrogen-bond acceptors (Lipinski definition) is 4. The Morgan fingerprint density at radius 3 is 2.53 bits per heavy atom. The molecule has 0 unspecified atom stereocenters. The van der Waals surface area contributed by atoms with Crippen LogP contribution >= 0.6 is 0 Å². The zero-order valence-electron chi connectivity index (χ0n) is 11.5. The lowest BCUT2D eigenvalue weighted by atomic mass is 10.1. The average molecular weight is 256 g/mol. The summed E-state index contributed by atoms with van der Waals surface area (Å²) in [7, 11) is 4.17. The number of rotatable bonds is 6. The molecule has 1 N–H and O–H groups in total. The van der Waals surface area contributed by atoms with Gasteiger partial charge < -0.3 is 10.2 Å². The van der Waals surface area contributed by atoms with E-state index in [1.165, 1.54) is 11.1 Å². The van der Waals surface area contributed by atoms with Crippen molar-refractivity contribution in [2.45, 2.75) is 19.6 Å². The summed E-state index contributed by atoms with van der Waals surface area (Å²) in [6, 6.07) is 8.52. The van der Waals surface area contributed by atoms with E-state index in [-0.39, 0.29) is 0 Å². The zero-order valence-corrected chi connectivity index (χ0v) is 11.5. The van der Waals surface area contributed by atoms with Crippen molar-refractivity contribution >= 4 is 0 Å². The van der Waals surface area contributed by atoms with E-state index >= 15 is 0 Å². The molecule has 0 aliphatic heterocycles. The van der Waals surface area contributed by atoms with Crippen LogP contribution in [0.4, 0.5) is 0 Å². The largest absolute Gasteiger partial charge is 0.307 e. The van der Waals surface area contributed by atoms with Crippen LogP contribution in [0.2, 0.25) is 0 Å². The molecule has 0 fully saturated rings. The second-order valence-corrected chi connectivity index (χ2v) is 4.81. The molecule has 2 aromatic rings. The van der Waals surface area contributed by atoms with E-state index < -0.39 is 0 Å². The van der Waals surface area contributed by atoms with Crippen molar-refractivity contribution < 1.29 is 0 Å². The van der Waals surface area contributed by atoms with Gasteiger partial charge in [-0.25, -0.2) is 0 Å². The Hall–Kier alpha value is -1.78. The van der Waals surface area contributed by atoms with Gasteiger partial charge in [-0.1, -0.05) is 24.3 Å². The van der Waals surface area contributed by atoms with E-state index in [2.05, 4.69) is 58.5 Å². The predicted octanol–water partition coefficient (Wildman–Crippen LogP) is 1.83. The molecular formula is C15H20N4. The number of benzene rings is 1. The van der Waals surface area contributed by atoms with Crippen LogP contribution in [0.3, 0.4) is 0 Å². The van der Waals surface area contributed by atoms with Gasteiger partial charge in [-0.3, -0.25) is 9.97 Å². The average Bonchev–Trinajstić information content (AvgIpc) is 2.41. The molecule has 100 valence electrons. The molecule has 19 heavy (non-hydrogen) atoms. The molecule has 1 aromatic carbocycles. The molecule has 4 nitrogen and oxygen atoms in total. The minimum atomic E-state index is 0.740. The Labute approximate surface area is 114 Å². The first-order valence-electron chi connectivity index (χ1n) is 6.43. The maximum absolute atomic E-state index is 4.25. The van der Waals surface area contributed by atoms with Gasteiger partial charge in [0.25, 0.3) is 0 Å². The number of nitrogens with zero attached hydrogens (tertiary/aromatic N) is 3. The molecule has 0 saturated heterocycles. The molecule has 0 amide bonds. The van der Waals surface area contributed by atoms with Crippen LogP contribution in [0.1, 0.15) is 16.8 Å². The molecule has 4 heteroatoms. The smallest absolute Gasteiger partial charge is 0.0724 e. The molecule has 0 bridgehead atoms. The van der Waals surface area contributed by atoms with Gasteiger partial charge in [0.15, 0.2) is 0 Å². The highest BCUT2D eigenvalue weighted by molar-refractivity contribution is 5.26. The van der Waals surface area contributed by atoms with Crippen molar-refractivity contribution in [3.8, 4) is 0 Å². The molecule has 0 saturated carbocycles. The van der Waals surface area contributed by atoms with Gasteiger partial charge in [-0.2, -0.15) is 0 Å². The quantitative estimate of drug-likeness (QED) is 0.856. The Kier molecular flexibility index (Phi) is 5.01. The number of hydrogen-bond donors (Lipinski definition) is 1. The Morgan fingerprint density at radius 2 is 1.84 bits per heavy atom. The molecule has 0 aliphatic carbocycles. The predicted molar refractivity (Wildman–Crippen MR) is 76.4 cm³/mol. The van der Waals surface area contributed by atoms with Crippen molar-refractivity contribution in [2.24, 2.45) is 0 Å². The van der Waals surface area contributed by atoms with E-state index in [1.807, 2.05) is 0 Å². The zero-order chi connectivity index (χ0) is 13.5. The first kappa shape index (κ1) is 13.6. The maximum Gasteiger partial charge on any atom is 0.0724 e. The molecule has 1 heterocycles. The lowest BCUT2D eigenvalue weighted by molar-refractivity contribution is 0.400. The third kappa shape index (κ3) is 4.43. The van der Waals surface area contributed by atoms with Gasteiger partial charge in [0.1, 0.15) is 0 Å². The van der Waals surface area contributed by atoms with Crippen LogP contribution < -0.4 is 5.32 Å². The van der Waals surface area contributed by atoms with E-state index in [4.69, 9.17) is 0 Å². The van der Waals surface area contributed by atoms with Gasteiger partial charge in [-0.15, -0.1) is 0 Å². The van der Waals surface area contributed by atoms with Crippen molar-refractivity contribution in [3.05, 3.63) is 59.7 Å². The van der Waals surface area contributed by atoms with Crippen molar-refractivity contribution in [2.75, 3.05) is 14.1 Å². The lowest BCUT2D eigenvalue weighted by Crippen LogP contribution is -2.17. The van der Waals surface area contributed by atoms with Crippen LogP contribution in [0.15, 0.2) is 42.9 Å². The molecule has 0 radical (unpaired) electrons. The Morgan fingerprint density at radius 1 is 1.05 bits per heavy atom. The fraction of sp³-hybridized carbons (Fsp3) is 0.333. The van der Waals surface area contributed by atoms with E-state index in [1.54, 1.807) is 18.6 Å². The monoisotopic (exact) mass is 256 g/mol. The second kappa shape index (κ2) is 6.97. The SMILES string of the molecule is CN(C)Cc1ccccc1CNCc1cnccn1. The van der Waals surface area contributed by atoms with Crippen LogP contribution in [0.25, 0.3) is 0 Å². The summed E-state index contributed by atoms with van der Waals surface area (Å²) >= 11 is 0. The molecule has 0 aliphatic rings. The van der Waals surface area contributed by atoms with E-state index in [0.717, 1.165) is 25.3 Å². The molecular weight excluding hydrogens is 236 g/mol. The number of nitrogens with one attached hydrogen (secondary N) is 1. The molecule has 0 atom stereocenters. The summed E-state index contributed by atoms with van der Waals surface area (Å²) in [5, 5.41) is 3.41. The van der Waals surface area contributed by atoms with Gasteiger partial charge in [0.05, 0.1) is 5.69 Å². The molecule has 0 spiro atoms. The summed E-state index contributed by atoms with van der Waals surface area (Å²) in [5.74, 6) is 0. The highest BCUT2D eigenvalue weighted by Gasteiger charge is 2.02. The van der Waals surface area contributed by atoms with Gasteiger partial charge >= 0.3 is 0 Å². The van der Waals surface area contributed by atoms with Gasteiger partial charge in [0.2, 0.25) is 0 Å². The summed E-state index contributed by atoms with van der Waals surface area (Å²) in [5.41, 5.74) is 3.66. The van der Waals surface area contributed by atoms with Crippen LogP contribution in [0, 0.1) is 0 Å². The summed E-state index contributed by atoms with van der Waals surface area (Å²) in [6.45, 7) is 2.55. The second-order valence-electron chi connectivity index (χ2n) is 4.81. The normalized spacial score (nSPS) is 10.9. The molecule has 1 aromatic heterocycles. The minimum absolute atomic E-state index is 0.740. The Bertz CT molecular complexity index is 497. The van der Waals surface area contributed by atoms with Crippen molar-refractivity contribution in [1.29, 1.82) is 0 Å². The third-order valence-corrected chi connectivity index (χ3v) is 2.84. The highest BCUT2D eigenvalue weighted by Crippen LogP contribution is 2.10. The van der Waals surface area contributed by atoms with E-state index in [0.29, 0.717) is 0 Å². The van der Waals surface area contributed by atoms with Crippen LogP contribution in [-0.2, 0) is 19.6 Å². The minimum Gasteiger partial charge on any atom is -0.307 e. The highest BCUT2D eigenvalue weighted by atomic mass is 15.0. The van der Waals surface area contributed by atoms with Gasteiger partial charge in [0, 0.05) is 38.2 Å². The first-order valence-corrected chi connectivity index (χ1v) is 6.43.